The Morgan fingerprint density at radius 1 is 1.29 bits per heavy atom. The van der Waals surface area contributed by atoms with Crippen molar-refractivity contribution in [3.8, 4) is 0 Å². The van der Waals surface area contributed by atoms with Crippen LogP contribution in [0, 0.1) is 12.3 Å². The number of nitrogens with zero attached hydrogens (tertiary/aromatic N) is 4. The number of aryl methyl sites for hydroxylation is 1. The Kier molecular flexibility index (Phi) is 4.23. The molecule has 4 rings (SSSR count). The van der Waals surface area contributed by atoms with Gasteiger partial charge in [0.25, 0.3) is 5.56 Å². The first-order chi connectivity index (χ1) is 13.5. The van der Waals surface area contributed by atoms with Crippen LogP contribution in [0.3, 0.4) is 0 Å². The Balaban J connectivity index is 2.12. The number of carbonyl (C=O) groups is 1. The lowest BCUT2D eigenvalue weighted by atomic mass is 10.2. The highest BCUT2D eigenvalue weighted by molar-refractivity contribution is 5.93. The number of carbonyl (C=O) groups excluding carboxylic acids is 1. The van der Waals surface area contributed by atoms with Crippen molar-refractivity contribution in [2.45, 2.75) is 13.5 Å². The Morgan fingerprint density at radius 2 is 2.11 bits per heavy atom. The van der Waals surface area contributed by atoms with Gasteiger partial charge in [0.2, 0.25) is 0 Å². The van der Waals surface area contributed by atoms with Crippen LogP contribution >= 0.6 is 0 Å². The van der Waals surface area contributed by atoms with Gasteiger partial charge in [-0.2, -0.15) is 0 Å². The van der Waals surface area contributed by atoms with E-state index in [4.69, 9.17) is 10.1 Å². The van der Waals surface area contributed by atoms with Crippen LogP contribution in [0.1, 0.15) is 21.5 Å². The Bertz CT molecular complexity index is 1340. The molecule has 0 bridgehead atoms. The Labute approximate surface area is 159 Å². The quantitative estimate of drug-likeness (QED) is 0.433. The summed E-state index contributed by atoms with van der Waals surface area (Å²) in [6.07, 6.45) is 5.02. The molecule has 0 spiro atoms. The number of hydrogen-bond donors (Lipinski definition) is 1. The predicted molar refractivity (Wildman–Crippen MR) is 102 cm³/mol. The van der Waals surface area contributed by atoms with Crippen molar-refractivity contribution in [3.05, 3.63) is 81.5 Å². The summed E-state index contributed by atoms with van der Waals surface area (Å²) in [7, 11) is 1.24. The number of fused-ring (bicyclic) bond motifs is 2. The highest BCUT2D eigenvalue weighted by Gasteiger charge is 2.18. The first kappa shape index (κ1) is 17.6. The minimum absolute atomic E-state index is 0.00499. The van der Waals surface area contributed by atoms with Gasteiger partial charge in [0.05, 0.1) is 19.0 Å². The van der Waals surface area contributed by atoms with E-state index in [1.807, 2.05) is 19.1 Å². The molecule has 4 aromatic heterocycles. The van der Waals surface area contributed by atoms with E-state index >= 15 is 0 Å². The van der Waals surface area contributed by atoms with Crippen molar-refractivity contribution in [2.75, 3.05) is 7.11 Å². The molecular weight excluding hydrogens is 358 g/mol. The molecule has 0 amide bonds. The maximum atomic E-state index is 13.1. The molecule has 0 radical (unpaired) electrons. The largest absolute Gasteiger partial charge is 0.465 e. The number of pyridine rings is 3. The van der Waals surface area contributed by atoms with E-state index in [2.05, 4.69) is 9.97 Å². The van der Waals surface area contributed by atoms with Gasteiger partial charge in [-0.25, -0.2) is 9.78 Å². The summed E-state index contributed by atoms with van der Waals surface area (Å²) in [6, 6.07) is 8.64. The third-order valence-electron chi connectivity index (χ3n) is 4.52. The molecule has 8 heteroatoms. The highest BCUT2D eigenvalue weighted by Crippen LogP contribution is 2.13. The monoisotopic (exact) mass is 375 g/mol. The summed E-state index contributed by atoms with van der Waals surface area (Å²) in [5.74, 6) is -0.680. The lowest BCUT2D eigenvalue weighted by molar-refractivity contribution is 0.0597. The fourth-order valence-electron chi connectivity index (χ4n) is 3.14. The van der Waals surface area contributed by atoms with E-state index in [-0.39, 0.29) is 28.5 Å². The van der Waals surface area contributed by atoms with Crippen LogP contribution < -0.4 is 11.0 Å². The zero-order valence-corrected chi connectivity index (χ0v) is 15.3. The van der Waals surface area contributed by atoms with Crippen LogP contribution in [0.15, 0.2) is 53.7 Å². The van der Waals surface area contributed by atoms with Crippen LogP contribution in [0.5, 0.6) is 0 Å². The number of hydrogen-bond acceptors (Lipinski definition) is 6. The third kappa shape index (κ3) is 2.84. The maximum absolute atomic E-state index is 13.1. The Morgan fingerprint density at radius 3 is 2.82 bits per heavy atom. The van der Waals surface area contributed by atoms with Gasteiger partial charge in [-0.05, 0) is 36.2 Å². The molecule has 0 atom stereocenters. The third-order valence-corrected chi connectivity index (χ3v) is 4.52. The second-order valence-electron chi connectivity index (χ2n) is 6.43. The van der Waals surface area contributed by atoms with Crippen molar-refractivity contribution in [3.63, 3.8) is 0 Å². The smallest absolute Gasteiger partial charge is 0.341 e. The van der Waals surface area contributed by atoms with Gasteiger partial charge in [0, 0.05) is 18.6 Å². The molecule has 0 fully saturated rings. The molecule has 140 valence electrons. The zero-order chi connectivity index (χ0) is 19.8. The minimum atomic E-state index is -0.680. The van der Waals surface area contributed by atoms with Gasteiger partial charge >= 0.3 is 5.97 Å². The lowest BCUT2D eigenvalue weighted by Gasteiger charge is -2.14. The van der Waals surface area contributed by atoms with Gasteiger partial charge in [-0.3, -0.25) is 19.6 Å². The summed E-state index contributed by atoms with van der Waals surface area (Å²) in [5.41, 5.74) is 2.13. The van der Waals surface area contributed by atoms with E-state index in [0.29, 0.717) is 11.3 Å². The fourth-order valence-corrected chi connectivity index (χ4v) is 3.14. The van der Waals surface area contributed by atoms with Gasteiger partial charge in [-0.1, -0.05) is 12.1 Å². The average molecular weight is 375 g/mol. The molecule has 0 saturated heterocycles. The number of rotatable bonds is 3. The van der Waals surface area contributed by atoms with E-state index < -0.39 is 5.97 Å². The molecule has 1 N–H and O–H groups in total. The highest BCUT2D eigenvalue weighted by atomic mass is 16.5. The Hall–Kier alpha value is -3.81. The number of ether oxygens (including phenoxy) is 1. The number of esters is 1. The molecule has 0 saturated carbocycles. The van der Waals surface area contributed by atoms with Crippen molar-refractivity contribution < 1.29 is 9.53 Å². The SMILES string of the molecule is COC(=O)c1cc2c(=O)n3cc(C)ccc3nc2n(Cc2cccnc2)c1=N. The fraction of sp³-hybridized carbons (Fsp3) is 0.150. The van der Waals surface area contributed by atoms with Crippen molar-refractivity contribution in [1.82, 2.24) is 18.9 Å². The summed E-state index contributed by atoms with van der Waals surface area (Å²) < 4.78 is 7.77. The van der Waals surface area contributed by atoms with Crippen LogP contribution in [0.4, 0.5) is 0 Å². The molecule has 0 aliphatic heterocycles. The zero-order valence-electron chi connectivity index (χ0n) is 15.3. The van der Waals surface area contributed by atoms with Crippen LogP contribution in [0.25, 0.3) is 16.7 Å². The topological polar surface area (TPSA) is 102 Å². The van der Waals surface area contributed by atoms with E-state index in [1.54, 1.807) is 30.7 Å². The summed E-state index contributed by atoms with van der Waals surface area (Å²) >= 11 is 0. The van der Waals surface area contributed by atoms with Crippen molar-refractivity contribution in [2.24, 2.45) is 0 Å². The minimum Gasteiger partial charge on any atom is -0.465 e. The number of aromatic nitrogens is 4. The second-order valence-corrected chi connectivity index (χ2v) is 6.43. The summed E-state index contributed by atoms with van der Waals surface area (Å²) in [5, 5.41) is 8.76. The van der Waals surface area contributed by atoms with Gasteiger partial charge in [-0.15, -0.1) is 0 Å². The molecule has 0 aromatic carbocycles. The lowest BCUT2D eigenvalue weighted by Crippen LogP contribution is -2.31. The summed E-state index contributed by atoms with van der Waals surface area (Å²) in [6.45, 7) is 2.12. The molecule has 28 heavy (non-hydrogen) atoms. The standard InChI is InChI=1S/C20H17N5O3/c1-12-5-6-16-23-18-15(19(26)24(16)10-12)8-14(20(27)28-2)17(21)25(18)11-13-4-3-7-22-9-13/h3-10,21H,11H2,1-2H3. The molecule has 0 unspecified atom stereocenters. The van der Waals surface area contributed by atoms with Crippen molar-refractivity contribution >= 4 is 22.6 Å². The first-order valence-corrected chi connectivity index (χ1v) is 8.58. The van der Waals surface area contributed by atoms with Crippen molar-refractivity contribution in [1.29, 1.82) is 5.41 Å². The van der Waals surface area contributed by atoms with Crippen LogP contribution in [-0.4, -0.2) is 32.0 Å². The van der Waals surface area contributed by atoms with Crippen LogP contribution in [-0.2, 0) is 11.3 Å². The van der Waals surface area contributed by atoms with E-state index in [9.17, 15) is 9.59 Å². The van der Waals surface area contributed by atoms with Gasteiger partial charge < -0.3 is 9.30 Å². The molecule has 4 heterocycles. The first-order valence-electron chi connectivity index (χ1n) is 8.58. The average Bonchev–Trinajstić information content (AvgIpc) is 2.71. The van der Waals surface area contributed by atoms with Crippen LogP contribution in [0.2, 0.25) is 0 Å². The van der Waals surface area contributed by atoms with Gasteiger partial charge in [0.1, 0.15) is 22.3 Å². The molecular formula is C20H17N5O3. The van der Waals surface area contributed by atoms with E-state index in [0.717, 1.165) is 11.1 Å². The van der Waals surface area contributed by atoms with Gasteiger partial charge in [0.15, 0.2) is 0 Å². The predicted octanol–water partition coefficient (Wildman–Crippen LogP) is 1.67. The van der Waals surface area contributed by atoms with E-state index in [1.165, 1.54) is 22.1 Å². The molecule has 8 nitrogen and oxygen atoms in total. The number of methoxy groups -OCH3 is 1. The maximum Gasteiger partial charge on any atom is 0.341 e. The normalized spacial score (nSPS) is 11.1. The molecule has 4 aromatic rings. The molecule has 0 aliphatic carbocycles. The molecule has 0 aliphatic rings. The number of nitrogens with one attached hydrogen (secondary N) is 1. The summed E-state index contributed by atoms with van der Waals surface area (Å²) in [4.78, 5) is 34.0. The second kappa shape index (κ2) is 6.73.